The Kier molecular flexibility index (Phi) is 5.48. The van der Waals surface area contributed by atoms with Gasteiger partial charge >= 0.3 is 0 Å². The van der Waals surface area contributed by atoms with Crippen LogP contribution >= 0.6 is 11.6 Å². The minimum Gasteiger partial charge on any atom is -0.496 e. The van der Waals surface area contributed by atoms with E-state index in [2.05, 4.69) is 5.32 Å². The van der Waals surface area contributed by atoms with Crippen LogP contribution in [-0.4, -0.2) is 24.4 Å². The molecule has 0 fully saturated rings. The largest absolute Gasteiger partial charge is 0.496 e. The molecule has 3 nitrogen and oxygen atoms in total. The predicted molar refractivity (Wildman–Crippen MR) is 74.6 cm³/mol. The van der Waals surface area contributed by atoms with Gasteiger partial charge in [0.1, 0.15) is 5.75 Å². The monoisotopic (exact) mass is 269 g/mol. The molecule has 1 aromatic carbocycles. The number of ether oxygens (including phenoxy) is 1. The van der Waals surface area contributed by atoms with Gasteiger partial charge < -0.3 is 10.1 Å². The molecule has 0 radical (unpaired) electrons. The number of benzene rings is 1. The van der Waals surface area contributed by atoms with Gasteiger partial charge in [-0.3, -0.25) is 4.79 Å². The minimum absolute atomic E-state index is 0.0372. The van der Waals surface area contributed by atoms with Crippen LogP contribution in [0.15, 0.2) is 18.2 Å². The standard InChI is InChI=1S/C14H20ClNO2/c1-9-5-6-13(18-4)12(7-9)14(17)16-11(3)8-10(2)15/h5-7,10-11H,8H2,1-4H3,(H,16,17). The van der Waals surface area contributed by atoms with E-state index in [0.29, 0.717) is 11.3 Å². The van der Waals surface area contributed by atoms with Crippen molar-refractivity contribution in [3.8, 4) is 5.75 Å². The number of hydrogen-bond donors (Lipinski definition) is 1. The summed E-state index contributed by atoms with van der Waals surface area (Å²) < 4.78 is 5.20. The Morgan fingerprint density at radius 2 is 2.11 bits per heavy atom. The first kappa shape index (κ1) is 14.8. The fourth-order valence-electron chi connectivity index (χ4n) is 1.85. The Morgan fingerprint density at radius 3 is 2.67 bits per heavy atom. The van der Waals surface area contributed by atoms with E-state index in [1.54, 1.807) is 13.2 Å². The molecular weight excluding hydrogens is 250 g/mol. The molecule has 0 aliphatic rings. The summed E-state index contributed by atoms with van der Waals surface area (Å²) in [4.78, 5) is 12.1. The third-order valence-corrected chi connectivity index (χ3v) is 2.83. The number of aryl methyl sites for hydroxylation is 1. The highest BCUT2D eigenvalue weighted by molar-refractivity contribution is 6.20. The highest BCUT2D eigenvalue weighted by Crippen LogP contribution is 2.19. The van der Waals surface area contributed by atoms with Crippen LogP contribution in [0.1, 0.15) is 36.2 Å². The molecule has 0 aliphatic heterocycles. The second kappa shape index (κ2) is 6.64. The van der Waals surface area contributed by atoms with Crippen molar-refractivity contribution >= 4 is 17.5 Å². The summed E-state index contributed by atoms with van der Waals surface area (Å²) >= 11 is 5.91. The van der Waals surface area contributed by atoms with Crippen molar-refractivity contribution in [3.63, 3.8) is 0 Å². The predicted octanol–water partition coefficient (Wildman–Crippen LogP) is 3.14. The van der Waals surface area contributed by atoms with Crippen molar-refractivity contribution in [3.05, 3.63) is 29.3 Å². The fraction of sp³-hybridized carbons (Fsp3) is 0.500. The van der Waals surface area contributed by atoms with E-state index in [1.807, 2.05) is 32.9 Å². The zero-order valence-corrected chi connectivity index (χ0v) is 12.0. The van der Waals surface area contributed by atoms with Gasteiger partial charge in [-0.2, -0.15) is 0 Å². The molecule has 18 heavy (non-hydrogen) atoms. The Labute approximate surface area is 113 Å². The molecule has 0 aliphatic carbocycles. The Bertz CT molecular complexity index is 418. The van der Waals surface area contributed by atoms with E-state index in [0.717, 1.165) is 12.0 Å². The number of amides is 1. The van der Waals surface area contributed by atoms with E-state index in [9.17, 15) is 4.79 Å². The van der Waals surface area contributed by atoms with Crippen LogP contribution in [0.2, 0.25) is 0 Å². The first-order valence-electron chi connectivity index (χ1n) is 6.03. The average Bonchev–Trinajstić information content (AvgIpc) is 2.27. The van der Waals surface area contributed by atoms with E-state index in [4.69, 9.17) is 16.3 Å². The maximum atomic E-state index is 12.1. The molecule has 0 spiro atoms. The first-order chi connectivity index (χ1) is 8.43. The lowest BCUT2D eigenvalue weighted by Crippen LogP contribution is -2.34. The lowest BCUT2D eigenvalue weighted by Gasteiger charge is -2.16. The van der Waals surface area contributed by atoms with Crippen LogP contribution in [-0.2, 0) is 0 Å². The molecule has 0 aromatic heterocycles. The van der Waals surface area contributed by atoms with Crippen molar-refractivity contribution in [1.82, 2.24) is 5.32 Å². The van der Waals surface area contributed by atoms with Crippen LogP contribution in [0.3, 0.4) is 0 Å². The van der Waals surface area contributed by atoms with E-state index in [1.165, 1.54) is 0 Å². The highest BCUT2D eigenvalue weighted by Gasteiger charge is 2.15. The van der Waals surface area contributed by atoms with Crippen LogP contribution < -0.4 is 10.1 Å². The summed E-state index contributed by atoms with van der Waals surface area (Å²) in [5.41, 5.74) is 1.59. The maximum Gasteiger partial charge on any atom is 0.255 e. The molecule has 100 valence electrons. The summed E-state index contributed by atoms with van der Waals surface area (Å²) in [5.74, 6) is 0.463. The summed E-state index contributed by atoms with van der Waals surface area (Å²) in [5, 5.41) is 2.97. The molecule has 2 unspecified atom stereocenters. The molecule has 4 heteroatoms. The van der Waals surface area contributed by atoms with Gasteiger partial charge in [0.15, 0.2) is 0 Å². The van der Waals surface area contributed by atoms with Crippen molar-refractivity contribution in [2.75, 3.05) is 7.11 Å². The summed E-state index contributed by atoms with van der Waals surface area (Å²) in [6, 6.07) is 5.58. The van der Waals surface area contributed by atoms with Crippen molar-refractivity contribution in [2.45, 2.75) is 38.6 Å². The number of carbonyl (C=O) groups is 1. The minimum atomic E-state index is -0.125. The Balaban J connectivity index is 2.80. The molecule has 0 heterocycles. The molecule has 1 aromatic rings. The van der Waals surface area contributed by atoms with Crippen molar-refractivity contribution in [2.24, 2.45) is 0 Å². The third-order valence-electron chi connectivity index (χ3n) is 2.66. The lowest BCUT2D eigenvalue weighted by molar-refractivity contribution is 0.0935. The van der Waals surface area contributed by atoms with E-state index in [-0.39, 0.29) is 17.3 Å². The molecular formula is C14H20ClNO2. The van der Waals surface area contributed by atoms with Crippen LogP contribution in [0.5, 0.6) is 5.75 Å². The van der Waals surface area contributed by atoms with Gasteiger partial charge in [-0.25, -0.2) is 0 Å². The van der Waals surface area contributed by atoms with Gasteiger partial charge in [0, 0.05) is 11.4 Å². The van der Waals surface area contributed by atoms with E-state index < -0.39 is 0 Å². The van der Waals surface area contributed by atoms with Gasteiger partial charge in [-0.05, 0) is 39.3 Å². The third kappa shape index (κ3) is 4.22. The number of hydrogen-bond acceptors (Lipinski definition) is 2. The van der Waals surface area contributed by atoms with Crippen LogP contribution in [0.25, 0.3) is 0 Å². The second-order valence-electron chi connectivity index (χ2n) is 4.59. The number of rotatable bonds is 5. The number of halogens is 1. The normalized spacial score (nSPS) is 13.8. The SMILES string of the molecule is COc1ccc(C)cc1C(=O)NC(C)CC(C)Cl. The van der Waals surface area contributed by atoms with Gasteiger partial charge in [0.25, 0.3) is 5.91 Å². The smallest absolute Gasteiger partial charge is 0.255 e. The van der Waals surface area contributed by atoms with Crippen molar-refractivity contribution in [1.29, 1.82) is 0 Å². The summed E-state index contributed by atoms with van der Waals surface area (Å²) in [7, 11) is 1.56. The second-order valence-corrected chi connectivity index (χ2v) is 5.34. The molecule has 2 atom stereocenters. The Hall–Kier alpha value is -1.22. The van der Waals surface area contributed by atoms with Gasteiger partial charge in [-0.15, -0.1) is 11.6 Å². The first-order valence-corrected chi connectivity index (χ1v) is 6.47. The number of alkyl halides is 1. The van der Waals surface area contributed by atoms with Gasteiger partial charge in [0.05, 0.1) is 12.7 Å². The lowest BCUT2D eigenvalue weighted by atomic mass is 10.1. The van der Waals surface area contributed by atoms with Crippen molar-refractivity contribution < 1.29 is 9.53 Å². The van der Waals surface area contributed by atoms with Gasteiger partial charge in [0.2, 0.25) is 0 Å². The number of carbonyl (C=O) groups excluding carboxylic acids is 1. The molecule has 0 bridgehead atoms. The highest BCUT2D eigenvalue weighted by atomic mass is 35.5. The van der Waals surface area contributed by atoms with Gasteiger partial charge in [-0.1, -0.05) is 11.6 Å². The zero-order valence-electron chi connectivity index (χ0n) is 11.3. The molecule has 1 amide bonds. The number of nitrogens with one attached hydrogen (secondary N) is 1. The molecule has 0 saturated heterocycles. The topological polar surface area (TPSA) is 38.3 Å². The van der Waals surface area contributed by atoms with Crippen LogP contribution in [0.4, 0.5) is 0 Å². The quantitative estimate of drug-likeness (QED) is 0.834. The summed E-state index contributed by atoms with van der Waals surface area (Å²) in [6.07, 6.45) is 0.738. The van der Waals surface area contributed by atoms with E-state index >= 15 is 0 Å². The van der Waals surface area contributed by atoms with Crippen LogP contribution in [0, 0.1) is 6.92 Å². The maximum absolute atomic E-state index is 12.1. The zero-order chi connectivity index (χ0) is 13.7. The fourth-order valence-corrected chi connectivity index (χ4v) is 2.11. The molecule has 0 saturated carbocycles. The summed E-state index contributed by atoms with van der Waals surface area (Å²) in [6.45, 7) is 5.80. The molecule has 1 N–H and O–H groups in total. The number of methoxy groups -OCH3 is 1. The molecule has 1 rings (SSSR count). The average molecular weight is 270 g/mol. The Morgan fingerprint density at radius 1 is 1.44 bits per heavy atom.